The number of ether oxygens (including phenoxy) is 2. The monoisotopic (exact) mass is 200 g/mol. The molecule has 1 saturated heterocycles. The van der Waals surface area contributed by atoms with Gasteiger partial charge in [0.2, 0.25) is 0 Å². The molecule has 4 atom stereocenters. The van der Waals surface area contributed by atoms with Gasteiger partial charge in [0.15, 0.2) is 0 Å². The molecule has 1 aliphatic heterocycles. The lowest BCUT2D eigenvalue weighted by molar-refractivity contribution is 0.0939. The molecular formula is C11H20O3. The Kier molecular flexibility index (Phi) is 3.78. The van der Waals surface area contributed by atoms with Crippen molar-refractivity contribution in [2.75, 3.05) is 0 Å². The predicted molar refractivity (Wildman–Crippen MR) is 54.1 cm³/mol. The van der Waals surface area contributed by atoms with Crippen LogP contribution >= 0.6 is 0 Å². The molecule has 1 saturated carbocycles. The van der Waals surface area contributed by atoms with E-state index in [1.54, 1.807) is 0 Å². The second-order valence-corrected chi connectivity index (χ2v) is 3.80. The molecule has 2 rings (SSSR count). The van der Waals surface area contributed by atoms with Gasteiger partial charge < -0.3 is 9.47 Å². The molecule has 0 amide bonds. The van der Waals surface area contributed by atoms with Gasteiger partial charge in [-0.1, -0.05) is 27.7 Å². The van der Waals surface area contributed by atoms with E-state index in [-0.39, 0.29) is 12.2 Å². The zero-order valence-electron chi connectivity index (χ0n) is 9.45. The summed E-state index contributed by atoms with van der Waals surface area (Å²) in [4.78, 5) is 10.8. The van der Waals surface area contributed by atoms with E-state index in [1.165, 1.54) is 0 Å². The van der Waals surface area contributed by atoms with Crippen molar-refractivity contribution in [3.05, 3.63) is 0 Å². The molecule has 0 radical (unpaired) electrons. The number of carbonyl (C=O) groups is 1. The summed E-state index contributed by atoms with van der Waals surface area (Å²) in [6.07, 6.45) is 1.79. The third-order valence-corrected chi connectivity index (χ3v) is 3.01. The molecule has 14 heavy (non-hydrogen) atoms. The summed E-state index contributed by atoms with van der Waals surface area (Å²) in [5, 5.41) is 0. The maximum absolute atomic E-state index is 10.8. The van der Waals surface area contributed by atoms with Crippen LogP contribution in [0.4, 0.5) is 4.79 Å². The minimum atomic E-state index is -0.477. The SMILES string of the molecule is CC.CCC1CC(C)C2OC(=O)OC12. The topological polar surface area (TPSA) is 35.5 Å². The van der Waals surface area contributed by atoms with Crippen molar-refractivity contribution < 1.29 is 14.3 Å². The molecule has 0 aromatic rings. The van der Waals surface area contributed by atoms with Crippen LogP contribution in [0.15, 0.2) is 0 Å². The van der Waals surface area contributed by atoms with Crippen LogP contribution in [0.1, 0.15) is 40.5 Å². The molecule has 4 unspecified atom stereocenters. The number of hydrogen-bond acceptors (Lipinski definition) is 3. The lowest BCUT2D eigenvalue weighted by Crippen LogP contribution is -2.23. The number of rotatable bonds is 1. The Hall–Kier alpha value is -0.730. The molecule has 1 aliphatic carbocycles. The van der Waals surface area contributed by atoms with E-state index in [2.05, 4.69) is 13.8 Å². The number of carbonyl (C=O) groups excluding carboxylic acids is 1. The number of fused-ring (bicyclic) bond motifs is 1. The van der Waals surface area contributed by atoms with E-state index in [0.29, 0.717) is 11.8 Å². The second kappa shape index (κ2) is 4.67. The molecule has 3 nitrogen and oxygen atoms in total. The summed E-state index contributed by atoms with van der Waals surface area (Å²) < 4.78 is 10.2. The van der Waals surface area contributed by atoms with Gasteiger partial charge in [-0.15, -0.1) is 0 Å². The van der Waals surface area contributed by atoms with Crippen LogP contribution in [-0.2, 0) is 9.47 Å². The fourth-order valence-corrected chi connectivity index (χ4v) is 2.33. The molecule has 0 aromatic carbocycles. The van der Waals surface area contributed by atoms with Crippen molar-refractivity contribution in [2.24, 2.45) is 11.8 Å². The molecule has 1 heterocycles. The first-order valence-electron chi connectivity index (χ1n) is 5.59. The highest BCUT2D eigenvalue weighted by Crippen LogP contribution is 2.40. The lowest BCUT2D eigenvalue weighted by atomic mass is 10.0. The van der Waals surface area contributed by atoms with Crippen molar-refractivity contribution in [1.29, 1.82) is 0 Å². The van der Waals surface area contributed by atoms with Crippen LogP contribution in [-0.4, -0.2) is 18.4 Å². The first-order valence-corrected chi connectivity index (χ1v) is 5.59. The van der Waals surface area contributed by atoms with E-state index in [0.717, 1.165) is 12.8 Å². The third-order valence-electron chi connectivity index (χ3n) is 3.01. The molecule has 0 aromatic heterocycles. The normalized spacial score (nSPS) is 39.3. The maximum atomic E-state index is 10.8. The van der Waals surface area contributed by atoms with Crippen LogP contribution in [0.2, 0.25) is 0 Å². The third kappa shape index (κ3) is 1.86. The van der Waals surface area contributed by atoms with Gasteiger partial charge in [-0.05, 0) is 24.7 Å². The summed E-state index contributed by atoms with van der Waals surface area (Å²) in [6.45, 7) is 8.25. The molecular weight excluding hydrogens is 180 g/mol. The standard InChI is InChI=1S/C9H14O3.C2H6/c1-3-6-4-5(2)7-8(6)12-9(10)11-7;1-2/h5-8H,3-4H2,1-2H3;1-2H3. The van der Waals surface area contributed by atoms with Crippen molar-refractivity contribution in [2.45, 2.75) is 52.7 Å². The molecule has 0 N–H and O–H groups in total. The van der Waals surface area contributed by atoms with Gasteiger partial charge in [0.05, 0.1) is 0 Å². The van der Waals surface area contributed by atoms with Gasteiger partial charge in [-0.2, -0.15) is 0 Å². The molecule has 3 heteroatoms. The Balaban J connectivity index is 0.000000461. The summed E-state index contributed by atoms with van der Waals surface area (Å²) in [5.74, 6) is 0.975. The largest absolute Gasteiger partial charge is 0.509 e. The molecule has 82 valence electrons. The van der Waals surface area contributed by atoms with E-state index in [4.69, 9.17) is 9.47 Å². The van der Waals surface area contributed by atoms with Crippen molar-refractivity contribution in [3.63, 3.8) is 0 Å². The Morgan fingerprint density at radius 1 is 1.29 bits per heavy atom. The van der Waals surface area contributed by atoms with Gasteiger partial charge in [-0.25, -0.2) is 4.79 Å². The number of hydrogen-bond donors (Lipinski definition) is 0. The van der Waals surface area contributed by atoms with Gasteiger partial charge in [-0.3, -0.25) is 0 Å². The lowest BCUT2D eigenvalue weighted by Gasteiger charge is -2.11. The van der Waals surface area contributed by atoms with Crippen LogP contribution in [0.25, 0.3) is 0 Å². The first-order chi connectivity index (χ1) is 6.72. The highest BCUT2D eigenvalue weighted by Gasteiger charge is 2.49. The summed E-state index contributed by atoms with van der Waals surface area (Å²) in [7, 11) is 0. The average Bonchev–Trinajstić information content (AvgIpc) is 2.70. The quantitative estimate of drug-likeness (QED) is 0.610. The maximum Gasteiger partial charge on any atom is 0.509 e. The van der Waals surface area contributed by atoms with E-state index < -0.39 is 6.16 Å². The zero-order chi connectivity index (χ0) is 10.7. The fourth-order valence-electron chi connectivity index (χ4n) is 2.33. The van der Waals surface area contributed by atoms with Crippen molar-refractivity contribution in [1.82, 2.24) is 0 Å². The first kappa shape index (κ1) is 11.3. The molecule has 2 aliphatic rings. The highest BCUT2D eigenvalue weighted by molar-refractivity contribution is 5.62. The smallest absolute Gasteiger partial charge is 0.427 e. The van der Waals surface area contributed by atoms with Gasteiger partial charge in [0.25, 0.3) is 0 Å². The summed E-state index contributed by atoms with van der Waals surface area (Å²) in [5.41, 5.74) is 0. The Labute approximate surface area is 85.8 Å². The summed E-state index contributed by atoms with van der Waals surface area (Å²) in [6, 6.07) is 0. The second-order valence-electron chi connectivity index (χ2n) is 3.80. The van der Waals surface area contributed by atoms with Gasteiger partial charge >= 0.3 is 6.16 Å². The minimum Gasteiger partial charge on any atom is -0.427 e. The summed E-state index contributed by atoms with van der Waals surface area (Å²) >= 11 is 0. The Bertz CT molecular complexity index is 203. The Morgan fingerprint density at radius 3 is 2.43 bits per heavy atom. The van der Waals surface area contributed by atoms with Crippen LogP contribution in [0.5, 0.6) is 0 Å². The van der Waals surface area contributed by atoms with Gasteiger partial charge in [0.1, 0.15) is 12.2 Å². The minimum absolute atomic E-state index is 0.0300. The Morgan fingerprint density at radius 2 is 1.86 bits per heavy atom. The van der Waals surface area contributed by atoms with E-state index >= 15 is 0 Å². The fraction of sp³-hybridized carbons (Fsp3) is 0.909. The van der Waals surface area contributed by atoms with Crippen LogP contribution < -0.4 is 0 Å². The molecule has 0 bridgehead atoms. The van der Waals surface area contributed by atoms with Gasteiger partial charge in [0, 0.05) is 0 Å². The zero-order valence-corrected chi connectivity index (χ0v) is 9.45. The van der Waals surface area contributed by atoms with E-state index in [1.807, 2.05) is 13.8 Å². The van der Waals surface area contributed by atoms with Crippen molar-refractivity contribution in [3.8, 4) is 0 Å². The molecule has 0 spiro atoms. The van der Waals surface area contributed by atoms with Crippen LogP contribution in [0.3, 0.4) is 0 Å². The van der Waals surface area contributed by atoms with Crippen molar-refractivity contribution >= 4 is 6.16 Å². The average molecular weight is 200 g/mol. The predicted octanol–water partition coefficient (Wildman–Crippen LogP) is 2.98. The van der Waals surface area contributed by atoms with Crippen LogP contribution in [0, 0.1) is 11.8 Å². The van der Waals surface area contributed by atoms with E-state index in [9.17, 15) is 4.79 Å². The highest BCUT2D eigenvalue weighted by atomic mass is 16.8. The molecule has 2 fully saturated rings.